The van der Waals surface area contributed by atoms with E-state index in [1.807, 2.05) is 7.05 Å². The fourth-order valence-electron chi connectivity index (χ4n) is 3.22. The van der Waals surface area contributed by atoms with Crippen LogP contribution in [0.15, 0.2) is 35.3 Å². The van der Waals surface area contributed by atoms with E-state index in [1.54, 1.807) is 7.11 Å². The van der Waals surface area contributed by atoms with Gasteiger partial charge in [-0.2, -0.15) is 0 Å². The first-order valence-corrected chi connectivity index (χ1v) is 8.53. The standard InChI is InChI=1S/C18H30N4O/c1-4-17(16-8-6-5-7-9-16)21-11-13-22(14-12-21)18(19-2)20-10-15-23-3/h5-9,17H,4,10-15H2,1-3H3,(H,19,20). The molecular weight excluding hydrogens is 288 g/mol. The van der Waals surface area contributed by atoms with E-state index >= 15 is 0 Å². The molecule has 1 aliphatic heterocycles. The highest BCUT2D eigenvalue weighted by Gasteiger charge is 2.25. The van der Waals surface area contributed by atoms with Crippen molar-refractivity contribution in [3.05, 3.63) is 35.9 Å². The van der Waals surface area contributed by atoms with E-state index in [9.17, 15) is 0 Å². The van der Waals surface area contributed by atoms with Crippen LogP contribution in [0.1, 0.15) is 24.9 Å². The molecule has 0 aliphatic carbocycles. The Hall–Kier alpha value is -1.59. The average molecular weight is 318 g/mol. The van der Waals surface area contributed by atoms with Crippen molar-refractivity contribution in [2.75, 3.05) is 53.5 Å². The summed E-state index contributed by atoms with van der Waals surface area (Å²) in [6, 6.07) is 11.4. The van der Waals surface area contributed by atoms with Crippen molar-refractivity contribution in [3.63, 3.8) is 0 Å². The quantitative estimate of drug-likeness (QED) is 0.495. The number of nitrogens with one attached hydrogen (secondary N) is 1. The summed E-state index contributed by atoms with van der Waals surface area (Å²) in [6.07, 6.45) is 1.14. The van der Waals surface area contributed by atoms with E-state index < -0.39 is 0 Å². The van der Waals surface area contributed by atoms with E-state index in [0.717, 1.165) is 45.1 Å². The molecule has 1 aliphatic rings. The van der Waals surface area contributed by atoms with Gasteiger partial charge in [-0.3, -0.25) is 9.89 Å². The SMILES string of the molecule is CCC(c1ccccc1)N1CCN(C(=NC)NCCOC)CC1. The predicted octanol–water partition coefficient (Wildman–Crippen LogP) is 1.98. The number of ether oxygens (including phenoxy) is 1. The molecule has 0 spiro atoms. The van der Waals surface area contributed by atoms with Crippen molar-refractivity contribution >= 4 is 5.96 Å². The number of aliphatic imine (C=N–C) groups is 1. The molecule has 5 heteroatoms. The number of hydrogen-bond acceptors (Lipinski definition) is 3. The maximum atomic E-state index is 5.09. The fraction of sp³-hybridized carbons (Fsp3) is 0.611. The topological polar surface area (TPSA) is 40.1 Å². The number of methoxy groups -OCH3 is 1. The minimum Gasteiger partial charge on any atom is -0.383 e. The second kappa shape index (κ2) is 9.53. The molecule has 1 unspecified atom stereocenters. The van der Waals surface area contributed by atoms with Crippen molar-refractivity contribution < 1.29 is 4.74 Å². The van der Waals surface area contributed by atoms with Gasteiger partial charge in [-0.15, -0.1) is 0 Å². The lowest BCUT2D eigenvalue weighted by atomic mass is 10.0. The summed E-state index contributed by atoms with van der Waals surface area (Å²) >= 11 is 0. The lowest BCUT2D eigenvalue weighted by Gasteiger charge is -2.40. The molecule has 1 heterocycles. The number of hydrogen-bond donors (Lipinski definition) is 1. The van der Waals surface area contributed by atoms with Crippen LogP contribution >= 0.6 is 0 Å². The number of benzene rings is 1. The summed E-state index contributed by atoms with van der Waals surface area (Å²) in [5.41, 5.74) is 1.42. The molecule has 23 heavy (non-hydrogen) atoms. The van der Waals surface area contributed by atoms with Crippen molar-refractivity contribution in [2.45, 2.75) is 19.4 Å². The van der Waals surface area contributed by atoms with Gasteiger partial charge in [0.15, 0.2) is 5.96 Å². The smallest absolute Gasteiger partial charge is 0.193 e. The number of guanidine groups is 1. The molecule has 1 aromatic rings. The summed E-state index contributed by atoms with van der Waals surface area (Å²) in [4.78, 5) is 9.32. The minimum atomic E-state index is 0.516. The maximum Gasteiger partial charge on any atom is 0.193 e. The highest BCUT2D eigenvalue weighted by atomic mass is 16.5. The first-order valence-electron chi connectivity index (χ1n) is 8.53. The van der Waals surface area contributed by atoms with Crippen molar-refractivity contribution in [1.82, 2.24) is 15.1 Å². The van der Waals surface area contributed by atoms with Gasteiger partial charge in [-0.05, 0) is 12.0 Å². The normalized spacial score (nSPS) is 18.0. The van der Waals surface area contributed by atoms with E-state index in [4.69, 9.17) is 4.74 Å². The molecule has 1 atom stereocenters. The monoisotopic (exact) mass is 318 g/mol. The highest BCUT2D eigenvalue weighted by Crippen LogP contribution is 2.25. The number of rotatable bonds is 6. The molecule has 1 aromatic carbocycles. The van der Waals surface area contributed by atoms with Crippen LogP contribution in [-0.4, -0.2) is 69.2 Å². The van der Waals surface area contributed by atoms with Gasteiger partial charge in [0, 0.05) is 52.9 Å². The molecule has 0 bridgehead atoms. The third-order valence-corrected chi connectivity index (χ3v) is 4.43. The van der Waals surface area contributed by atoms with E-state index in [2.05, 4.69) is 57.4 Å². The Balaban J connectivity index is 1.89. The Morgan fingerprint density at radius 3 is 2.48 bits per heavy atom. The van der Waals surface area contributed by atoms with Crippen molar-refractivity contribution in [2.24, 2.45) is 4.99 Å². The van der Waals surface area contributed by atoms with E-state index in [0.29, 0.717) is 12.6 Å². The summed E-state index contributed by atoms with van der Waals surface area (Å²) in [6.45, 7) is 7.92. The van der Waals surface area contributed by atoms with Gasteiger partial charge in [0.1, 0.15) is 0 Å². The van der Waals surface area contributed by atoms with Crippen LogP contribution in [0.5, 0.6) is 0 Å². The zero-order valence-electron chi connectivity index (χ0n) is 14.7. The van der Waals surface area contributed by atoms with Gasteiger partial charge >= 0.3 is 0 Å². The van der Waals surface area contributed by atoms with Crippen LogP contribution in [0, 0.1) is 0 Å². The number of nitrogens with zero attached hydrogens (tertiary/aromatic N) is 3. The molecule has 2 rings (SSSR count). The molecule has 5 nitrogen and oxygen atoms in total. The summed E-state index contributed by atoms with van der Waals surface area (Å²) in [7, 11) is 3.57. The molecule has 0 saturated carbocycles. The maximum absolute atomic E-state index is 5.09. The lowest BCUT2D eigenvalue weighted by molar-refractivity contribution is 0.126. The second-order valence-corrected chi connectivity index (χ2v) is 5.82. The van der Waals surface area contributed by atoms with Gasteiger partial charge in [-0.1, -0.05) is 37.3 Å². The first kappa shape index (κ1) is 17.8. The van der Waals surface area contributed by atoms with Gasteiger partial charge in [0.2, 0.25) is 0 Å². The molecule has 0 radical (unpaired) electrons. The van der Waals surface area contributed by atoms with Crippen LogP contribution < -0.4 is 5.32 Å². The summed E-state index contributed by atoms with van der Waals surface area (Å²) in [5.74, 6) is 0.981. The Labute approximate surface area is 140 Å². The van der Waals surface area contributed by atoms with Gasteiger partial charge in [0.25, 0.3) is 0 Å². The van der Waals surface area contributed by atoms with E-state index in [1.165, 1.54) is 5.56 Å². The second-order valence-electron chi connectivity index (χ2n) is 5.82. The molecule has 1 N–H and O–H groups in total. The largest absolute Gasteiger partial charge is 0.383 e. The first-order chi connectivity index (χ1) is 11.3. The molecule has 128 valence electrons. The molecular formula is C18H30N4O. The molecule has 0 aromatic heterocycles. The van der Waals surface area contributed by atoms with Gasteiger partial charge in [0.05, 0.1) is 6.61 Å². The highest BCUT2D eigenvalue weighted by molar-refractivity contribution is 5.80. The van der Waals surface area contributed by atoms with Crippen LogP contribution in [0.4, 0.5) is 0 Å². The Morgan fingerprint density at radius 2 is 1.91 bits per heavy atom. The van der Waals surface area contributed by atoms with E-state index in [-0.39, 0.29) is 0 Å². The average Bonchev–Trinajstić information content (AvgIpc) is 2.61. The Morgan fingerprint density at radius 1 is 1.22 bits per heavy atom. The van der Waals surface area contributed by atoms with Crippen molar-refractivity contribution in [3.8, 4) is 0 Å². The number of piperazine rings is 1. The minimum absolute atomic E-state index is 0.516. The Kier molecular flexibility index (Phi) is 7.36. The third-order valence-electron chi connectivity index (χ3n) is 4.43. The molecule has 1 fully saturated rings. The van der Waals surface area contributed by atoms with Crippen LogP contribution in [-0.2, 0) is 4.74 Å². The molecule has 1 saturated heterocycles. The van der Waals surface area contributed by atoms with Crippen LogP contribution in [0.25, 0.3) is 0 Å². The lowest BCUT2D eigenvalue weighted by Crippen LogP contribution is -2.53. The molecule has 0 amide bonds. The third kappa shape index (κ3) is 4.94. The van der Waals surface area contributed by atoms with Gasteiger partial charge in [-0.25, -0.2) is 0 Å². The van der Waals surface area contributed by atoms with Crippen LogP contribution in [0.3, 0.4) is 0 Å². The summed E-state index contributed by atoms with van der Waals surface area (Å²) < 4.78 is 5.09. The van der Waals surface area contributed by atoms with Crippen molar-refractivity contribution in [1.29, 1.82) is 0 Å². The predicted molar refractivity (Wildman–Crippen MR) is 95.9 cm³/mol. The van der Waals surface area contributed by atoms with Gasteiger partial charge < -0.3 is 15.0 Å². The zero-order valence-corrected chi connectivity index (χ0v) is 14.7. The zero-order chi connectivity index (χ0) is 16.5. The fourth-order valence-corrected chi connectivity index (χ4v) is 3.22. The van der Waals surface area contributed by atoms with Crippen LogP contribution in [0.2, 0.25) is 0 Å². The Bertz CT molecular complexity index is 469. The summed E-state index contributed by atoms with van der Waals surface area (Å²) in [5, 5.41) is 3.36.